The maximum atomic E-state index is 13.8. The van der Waals surface area contributed by atoms with E-state index in [4.69, 9.17) is 9.47 Å². The molecule has 0 aliphatic carbocycles. The minimum atomic E-state index is -0.283. The van der Waals surface area contributed by atoms with Crippen molar-refractivity contribution < 1.29 is 14.3 Å². The fourth-order valence-corrected chi connectivity index (χ4v) is 8.55. The van der Waals surface area contributed by atoms with Crippen LogP contribution in [0.25, 0.3) is 16.7 Å². The van der Waals surface area contributed by atoms with Crippen LogP contribution in [0.1, 0.15) is 114 Å². The Hall–Kier alpha value is -3.64. The summed E-state index contributed by atoms with van der Waals surface area (Å²) >= 11 is 3.50. The maximum absolute atomic E-state index is 13.8. The number of carbonyl (C=O) groups is 1. The normalized spacial score (nSPS) is 17.0. The van der Waals surface area contributed by atoms with Gasteiger partial charge in [0.2, 0.25) is 5.36 Å². The summed E-state index contributed by atoms with van der Waals surface area (Å²) in [5.74, 6) is 1.33. The Labute approximate surface area is 294 Å². The second-order valence-electron chi connectivity index (χ2n) is 14.4. The molecule has 48 heavy (non-hydrogen) atoms. The number of likely N-dealkylation sites (N-methyl/N-ethyl adjacent to an activating group) is 2. The van der Waals surface area contributed by atoms with Crippen molar-refractivity contribution in [1.29, 1.82) is 0 Å². The number of ether oxygens (including phenoxy) is 2. The largest absolute Gasteiger partial charge is 0.462 e. The number of hydrogen-bond acceptors (Lipinski definition) is 4. The Morgan fingerprint density at radius 1 is 0.854 bits per heavy atom. The Balaban J connectivity index is 1.60. The van der Waals surface area contributed by atoms with E-state index in [1.807, 2.05) is 18.2 Å². The molecule has 0 saturated heterocycles. The molecule has 0 radical (unpaired) electrons. The summed E-state index contributed by atoms with van der Waals surface area (Å²) in [4.78, 5) is 16.2. The van der Waals surface area contributed by atoms with E-state index in [0.717, 1.165) is 77.5 Å². The van der Waals surface area contributed by atoms with Gasteiger partial charge in [-0.3, -0.25) is 0 Å². The number of fused-ring (bicyclic) bond motifs is 4. The summed E-state index contributed by atoms with van der Waals surface area (Å²) in [6.45, 7) is 20.1. The number of nitrogens with zero attached hydrogens (tertiary/aromatic N) is 2. The van der Waals surface area contributed by atoms with Crippen LogP contribution in [0.15, 0.2) is 60.7 Å². The number of carbonyl (C=O) groups excluding carboxylic acids is 1. The highest BCUT2D eigenvalue weighted by atomic mass is 79.9. The molecule has 252 valence electrons. The van der Waals surface area contributed by atoms with Crippen molar-refractivity contribution >= 4 is 44.3 Å². The Bertz CT molecular complexity index is 1970. The molecule has 6 heteroatoms. The number of hydrogen-bond donors (Lipinski definition) is 0. The molecule has 0 spiro atoms. The zero-order valence-corrected chi connectivity index (χ0v) is 31.5. The number of unbranched alkanes of at least 4 members (excludes halogenated alkanes) is 3. The van der Waals surface area contributed by atoms with Gasteiger partial charge in [0.05, 0.1) is 23.8 Å². The van der Waals surface area contributed by atoms with Crippen molar-refractivity contribution in [3.63, 3.8) is 0 Å². The van der Waals surface area contributed by atoms with Gasteiger partial charge in [-0.05, 0) is 95.4 Å². The topological polar surface area (TPSA) is 41.8 Å². The van der Waals surface area contributed by atoms with Crippen molar-refractivity contribution in [2.45, 2.75) is 92.2 Å². The fraction of sp³-hybridized carbons (Fsp3) is 0.429. The Morgan fingerprint density at radius 3 is 2.31 bits per heavy atom. The van der Waals surface area contributed by atoms with E-state index in [9.17, 15) is 4.79 Å². The van der Waals surface area contributed by atoms with Crippen LogP contribution >= 0.6 is 15.9 Å². The number of alkyl halides is 1. The maximum Gasteiger partial charge on any atom is 0.338 e. The number of benzene rings is 3. The number of allylic oxidation sites excluding steroid dienone is 2. The van der Waals surface area contributed by atoms with Gasteiger partial charge in [-0.2, -0.15) is 0 Å². The van der Waals surface area contributed by atoms with Crippen LogP contribution in [0.2, 0.25) is 0 Å². The van der Waals surface area contributed by atoms with E-state index in [1.165, 1.54) is 33.3 Å². The van der Waals surface area contributed by atoms with Gasteiger partial charge in [-0.1, -0.05) is 53.0 Å². The lowest BCUT2D eigenvalue weighted by atomic mass is 9.83. The monoisotopic (exact) mass is 709 g/mol. The van der Waals surface area contributed by atoms with Crippen LogP contribution < -0.4 is 24.8 Å². The average molecular weight is 711 g/mol. The van der Waals surface area contributed by atoms with Crippen LogP contribution in [0, 0.1) is 0 Å². The molecule has 0 aromatic heterocycles. The first-order valence-electron chi connectivity index (χ1n) is 17.6. The number of rotatable bonds is 10. The van der Waals surface area contributed by atoms with Gasteiger partial charge in [0.1, 0.15) is 18.0 Å². The third kappa shape index (κ3) is 6.06. The molecule has 0 fully saturated rings. The summed E-state index contributed by atoms with van der Waals surface area (Å²) in [7, 11) is 0. The van der Waals surface area contributed by atoms with Crippen molar-refractivity contribution in [2.24, 2.45) is 0 Å². The quantitative estimate of drug-likeness (QED) is 0.0714. The molecule has 0 amide bonds. The summed E-state index contributed by atoms with van der Waals surface area (Å²) in [5.41, 5.74) is 9.22. The predicted octanol–water partition coefficient (Wildman–Crippen LogP) is 8.88. The van der Waals surface area contributed by atoms with Gasteiger partial charge in [0, 0.05) is 65.0 Å². The van der Waals surface area contributed by atoms with Gasteiger partial charge in [0.25, 0.3) is 0 Å². The summed E-state index contributed by atoms with van der Waals surface area (Å²) in [6, 6.07) is 16.9. The van der Waals surface area contributed by atoms with Crippen LogP contribution in [-0.4, -0.2) is 42.1 Å². The molecule has 3 heterocycles. The standard InChI is InChI=1S/C42H50BrN2O3/c1-9-44-35-23-37-33(21-31(35)27(3)25-41(44,5)6)39(29-17-13-14-18-30(29)40(46)47-20-16-12-11-15-19-43)34-22-32-28(4)26-42(7,8)45(10-2)36(32)24-38(34)48-37/h13-14,17-18,21-26H,9-12,15-16,19-20H2,1-8H3/q+1. The molecular weight excluding hydrogens is 660 g/mol. The summed E-state index contributed by atoms with van der Waals surface area (Å²) in [6.07, 6.45) is 8.88. The summed E-state index contributed by atoms with van der Waals surface area (Å²) in [5, 5.41) is 3.17. The lowest BCUT2D eigenvalue weighted by Crippen LogP contribution is -2.49. The van der Waals surface area contributed by atoms with Crippen molar-refractivity contribution in [3.8, 4) is 11.5 Å². The van der Waals surface area contributed by atoms with E-state index in [-0.39, 0.29) is 17.0 Å². The smallest absolute Gasteiger partial charge is 0.338 e. The predicted molar refractivity (Wildman–Crippen MR) is 203 cm³/mol. The van der Waals surface area contributed by atoms with Gasteiger partial charge < -0.3 is 14.4 Å². The van der Waals surface area contributed by atoms with Gasteiger partial charge in [-0.15, -0.1) is 0 Å². The molecule has 3 aromatic rings. The van der Waals surface area contributed by atoms with E-state index in [0.29, 0.717) is 12.2 Å². The molecule has 0 saturated carbocycles. The fourth-order valence-electron chi connectivity index (χ4n) is 8.15. The SMILES string of the molecule is CCN1c2cc3c(cc2C(C)=CC1(C)C)C(c1ccccc1C(=O)OCCCCCCBr)=c1cc2c(cc1O3)=[N+](CC)C(C)(C)C=C2C. The molecule has 0 bridgehead atoms. The molecule has 6 rings (SSSR count). The molecule has 5 nitrogen and oxygen atoms in total. The van der Waals surface area contributed by atoms with E-state index in [1.54, 1.807) is 0 Å². The highest BCUT2D eigenvalue weighted by Gasteiger charge is 2.36. The van der Waals surface area contributed by atoms with Crippen LogP contribution in [0.3, 0.4) is 0 Å². The van der Waals surface area contributed by atoms with Crippen molar-refractivity contribution in [3.05, 3.63) is 99.1 Å². The molecule has 3 aliphatic rings. The molecular formula is C42H50BrN2O3+. The Morgan fingerprint density at radius 2 is 1.58 bits per heavy atom. The van der Waals surface area contributed by atoms with Gasteiger partial charge in [-0.25, -0.2) is 9.37 Å². The number of anilines is 1. The first-order valence-corrected chi connectivity index (χ1v) is 18.7. The molecule has 3 aromatic carbocycles. The third-order valence-electron chi connectivity index (χ3n) is 10.2. The highest BCUT2D eigenvalue weighted by molar-refractivity contribution is 9.09. The van der Waals surface area contributed by atoms with E-state index < -0.39 is 0 Å². The van der Waals surface area contributed by atoms with Crippen LogP contribution in [0.5, 0.6) is 11.5 Å². The van der Waals surface area contributed by atoms with E-state index >= 15 is 0 Å². The van der Waals surface area contributed by atoms with Crippen LogP contribution in [-0.2, 0) is 4.74 Å². The van der Waals surface area contributed by atoms with Crippen LogP contribution in [0.4, 0.5) is 5.69 Å². The van der Waals surface area contributed by atoms with Gasteiger partial charge >= 0.3 is 5.97 Å². The van der Waals surface area contributed by atoms with Crippen molar-refractivity contribution in [1.82, 2.24) is 4.58 Å². The van der Waals surface area contributed by atoms with E-state index in [2.05, 4.69) is 123 Å². The number of halogens is 1. The van der Waals surface area contributed by atoms with Crippen molar-refractivity contribution in [2.75, 3.05) is 29.9 Å². The molecule has 3 aliphatic heterocycles. The number of esters is 1. The highest BCUT2D eigenvalue weighted by Crippen LogP contribution is 2.46. The zero-order chi connectivity index (χ0) is 34.4. The second-order valence-corrected chi connectivity index (χ2v) is 15.2. The molecule has 0 unspecified atom stereocenters. The minimum Gasteiger partial charge on any atom is -0.462 e. The lowest BCUT2D eigenvalue weighted by molar-refractivity contribution is 0.0497. The summed E-state index contributed by atoms with van der Waals surface area (Å²) < 4.78 is 15.3. The first kappa shape index (κ1) is 34.2. The lowest BCUT2D eigenvalue weighted by Gasteiger charge is -2.43. The Kier molecular flexibility index (Phi) is 9.52. The third-order valence-corrected chi connectivity index (χ3v) is 10.8. The molecule has 0 atom stereocenters. The molecule has 0 N–H and O–H groups in total. The second kappa shape index (κ2) is 13.3. The average Bonchev–Trinajstić information content (AvgIpc) is 3.03. The minimum absolute atomic E-state index is 0.125. The zero-order valence-electron chi connectivity index (χ0n) is 29.9. The first-order chi connectivity index (χ1) is 22.9. The van der Waals surface area contributed by atoms with Gasteiger partial charge in [0.15, 0.2) is 5.54 Å².